The van der Waals surface area contributed by atoms with Crippen LogP contribution in [0.15, 0.2) is 12.4 Å². The number of rotatable bonds is 4. The van der Waals surface area contributed by atoms with E-state index in [9.17, 15) is 4.79 Å². The number of hydrogen-bond acceptors (Lipinski definition) is 3. The van der Waals surface area contributed by atoms with E-state index in [1.807, 2.05) is 11.1 Å². The molecule has 2 rings (SSSR count). The number of amides is 1. The highest BCUT2D eigenvalue weighted by atomic mass is 16.2. The maximum Gasteiger partial charge on any atom is 0.223 e. The van der Waals surface area contributed by atoms with Gasteiger partial charge in [-0.05, 0) is 26.7 Å². The van der Waals surface area contributed by atoms with Crippen LogP contribution in [0.2, 0.25) is 0 Å². The number of piperidine rings is 1. The van der Waals surface area contributed by atoms with E-state index >= 15 is 0 Å². The molecule has 0 aromatic carbocycles. The Kier molecular flexibility index (Phi) is 4.58. The molecule has 1 aliphatic rings. The summed E-state index contributed by atoms with van der Waals surface area (Å²) in [5.41, 5.74) is 5.85. The van der Waals surface area contributed by atoms with Crippen molar-refractivity contribution >= 4 is 5.91 Å². The molecule has 0 spiro atoms. The van der Waals surface area contributed by atoms with Gasteiger partial charge in [0.2, 0.25) is 5.91 Å². The SMILES string of the molecule is CC(C)n1ccnc1CCC(=O)N1CCC(N)CC1. The van der Waals surface area contributed by atoms with E-state index in [4.69, 9.17) is 5.73 Å². The maximum atomic E-state index is 12.1. The molecule has 0 unspecified atom stereocenters. The Morgan fingerprint density at radius 1 is 1.47 bits per heavy atom. The second-order valence-corrected chi connectivity index (χ2v) is 5.56. The third kappa shape index (κ3) is 3.56. The lowest BCUT2D eigenvalue weighted by Crippen LogP contribution is -2.42. The molecular weight excluding hydrogens is 240 g/mol. The highest BCUT2D eigenvalue weighted by molar-refractivity contribution is 5.76. The van der Waals surface area contributed by atoms with E-state index in [2.05, 4.69) is 23.4 Å². The van der Waals surface area contributed by atoms with Crippen LogP contribution in [0, 0.1) is 0 Å². The fourth-order valence-electron chi connectivity index (χ4n) is 2.53. The Balaban J connectivity index is 1.85. The van der Waals surface area contributed by atoms with Crippen LogP contribution in [-0.2, 0) is 11.2 Å². The molecular formula is C14H24N4O. The van der Waals surface area contributed by atoms with Crippen LogP contribution >= 0.6 is 0 Å². The van der Waals surface area contributed by atoms with Gasteiger partial charge in [-0.25, -0.2) is 4.98 Å². The minimum Gasteiger partial charge on any atom is -0.343 e. The van der Waals surface area contributed by atoms with Crippen molar-refractivity contribution in [2.45, 2.75) is 51.6 Å². The molecule has 0 radical (unpaired) electrons. The summed E-state index contributed by atoms with van der Waals surface area (Å²) < 4.78 is 2.12. The summed E-state index contributed by atoms with van der Waals surface area (Å²) in [5.74, 6) is 1.22. The first-order valence-corrected chi connectivity index (χ1v) is 7.13. The van der Waals surface area contributed by atoms with Crippen LogP contribution in [0.3, 0.4) is 0 Å². The third-order valence-corrected chi connectivity index (χ3v) is 3.76. The molecule has 0 atom stereocenters. The predicted octanol–water partition coefficient (Wildman–Crippen LogP) is 1.35. The number of carbonyl (C=O) groups is 1. The van der Waals surface area contributed by atoms with E-state index in [1.165, 1.54) is 0 Å². The number of aromatic nitrogens is 2. The van der Waals surface area contributed by atoms with Crippen LogP contribution < -0.4 is 5.73 Å². The Hall–Kier alpha value is -1.36. The van der Waals surface area contributed by atoms with Crippen molar-refractivity contribution in [3.63, 3.8) is 0 Å². The molecule has 1 aromatic rings. The van der Waals surface area contributed by atoms with Crippen LogP contribution in [-0.4, -0.2) is 39.5 Å². The minimum atomic E-state index is 0.227. The molecule has 5 nitrogen and oxygen atoms in total. The number of hydrogen-bond donors (Lipinski definition) is 1. The summed E-state index contributed by atoms with van der Waals surface area (Å²) in [6, 6.07) is 0.657. The number of likely N-dealkylation sites (tertiary alicyclic amines) is 1. The van der Waals surface area contributed by atoms with Gasteiger partial charge >= 0.3 is 0 Å². The number of nitrogens with two attached hydrogens (primary N) is 1. The summed E-state index contributed by atoms with van der Waals surface area (Å²) in [6.45, 7) is 5.86. The van der Waals surface area contributed by atoms with E-state index < -0.39 is 0 Å². The molecule has 5 heteroatoms. The first-order chi connectivity index (χ1) is 9.08. The molecule has 2 N–H and O–H groups in total. The Labute approximate surface area is 114 Å². The van der Waals surface area contributed by atoms with Crippen molar-refractivity contribution in [3.8, 4) is 0 Å². The Morgan fingerprint density at radius 2 is 2.16 bits per heavy atom. The lowest BCUT2D eigenvalue weighted by molar-refractivity contribution is -0.132. The third-order valence-electron chi connectivity index (χ3n) is 3.76. The molecule has 106 valence electrons. The summed E-state index contributed by atoms with van der Waals surface area (Å²) in [7, 11) is 0. The zero-order valence-electron chi connectivity index (χ0n) is 11.9. The van der Waals surface area contributed by atoms with Gasteiger partial charge in [0.05, 0.1) is 0 Å². The van der Waals surface area contributed by atoms with Crippen LogP contribution in [0.1, 0.15) is 45.0 Å². The zero-order valence-corrected chi connectivity index (χ0v) is 11.9. The average molecular weight is 264 g/mol. The van der Waals surface area contributed by atoms with E-state index in [-0.39, 0.29) is 11.9 Å². The highest BCUT2D eigenvalue weighted by Gasteiger charge is 2.20. The average Bonchev–Trinajstić information content (AvgIpc) is 2.85. The molecule has 0 bridgehead atoms. The molecule has 19 heavy (non-hydrogen) atoms. The molecule has 1 aliphatic heterocycles. The van der Waals surface area contributed by atoms with E-state index in [0.717, 1.165) is 31.8 Å². The van der Waals surface area contributed by atoms with Crippen molar-refractivity contribution in [3.05, 3.63) is 18.2 Å². The standard InChI is InChI=1S/C14H24N4O/c1-11(2)18-10-7-16-13(18)3-4-14(19)17-8-5-12(15)6-9-17/h7,10-12H,3-6,8-9,15H2,1-2H3. The van der Waals surface area contributed by atoms with Crippen molar-refractivity contribution in [2.75, 3.05) is 13.1 Å². The van der Waals surface area contributed by atoms with Gasteiger partial charge < -0.3 is 15.2 Å². The second kappa shape index (κ2) is 6.19. The van der Waals surface area contributed by atoms with Crippen LogP contribution in [0.4, 0.5) is 0 Å². The molecule has 0 aliphatic carbocycles. The Morgan fingerprint density at radius 3 is 2.79 bits per heavy atom. The largest absolute Gasteiger partial charge is 0.343 e. The predicted molar refractivity (Wildman–Crippen MR) is 74.7 cm³/mol. The lowest BCUT2D eigenvalue weighted by Gasteiger charge is -2.30. The molecule has 0 saturated carbocycles. The molecule has 1 saturated heterocycles. The summed E-state index contributed by atoms with van der Waals surface area (Å²) in [4.78, 5) is 18.4. The zero-order chi connectivity index (χ0) is 13.8. The molecule has 2 heterocycles. The summed E-state index contributed by atoms with van der Waals surface area (Å²) in [6.07, 6.45) is 6.88. The number of nitrogens with zero attached hydrogens (tertiary/aromatic N) is 3. The van der Waals surface area contributed by atoms with Gasteiger partial charge in [-0.2, -0.15) is 0 Å². The number of aryl methyl sites for hydroxylation is 1. The smallest absolute Gasteiger partial charge is 0.223 e. The van der Waals surface area contributed by atoms with E-state index in [0.29, 0.717) is 18.9 Å². The second-order valence-electron chi connectivity index (χ2n) is 5.56. The Bertz CT molecular complexity index is 419. The van der Waals surface area contributed by atoms with Gasteiger partial charge in [-0.3, -0.25) is 4.79 Å². The van der Waals surface area contributed by atoms with Crippen molar-refractivity contribution < 1.29 is 4.79 Å². The first kappa shape index (κ1) is 14.1. The molecule has 1 amide bonds. The number of carbonyl (C=O) groups excluding carboxylic acids is 1. The first-order valence-electron chi connectivity index (χ1n) is 7.13. The van der Waals surface area contributed by atoms with Crippen molar-refractivity contribution in [2.24, 2.45) is 5.73 Å². The van der Waals surface area contributed by atoms with Crippen molar-refractivity contribution in [1.29, 1.82) is 0 Å². The topological polar surface area (TPSA) is 64.2 Å². The quantitative estimate of drug-likeness (QED) is 0.892. The van der Waals surface area contributed by atoms with Crippen LogP contribution in [0.5, 0.6) is 0 Å². The van der Waals surface area contributed by atoms with Crippen LogP contribution in [0.25, 0.3) is 0 Å². The maximum absolute atomic E-state index is 12.1. The normalized spacial score (nSPS) is 17.2. The number of imidazole rings is 1. The summed E-state index contributed by atoms with van der Waals surface area (Å²) in [5, 5.41) is 0. The fraction of sp³-hybridized carbons (Fsp3) is 0.714. The minimum absolute atomic E-state index is 0.227. The van der Waals surface area contributed by atoms with Gasteiger partial charge in [-0.1, -0.05) is 0 Å². The van der Waals surface area contributed by atoms with Gasteiger partial charge in [0, 0.05) is 50.4 Å². The summed E-state index contributed by atoms with van der Waals surface area (Å²) >= 11 is 0. The van der Waals surface area contributed by atoms with Gasteiger partial charge in [0.15, 0.2) is 0 Å². The fourth-order valence-corrected chi connectivity index (χ4v) is 2.53. The van der Waals surface area contributed by atoms with Gasteiger partial charge in [-0.15, -0.1) is 0 Å². The highest BCUT2D eigenvalue weighted by Crippen LogP contribution is 2.13. The van der Waals surface area contributed by atoms with Gasteiger partial charge in [0.25, 0.3) is 0 Å². The van der Waals surface area contributed by atoms with Crippen molar-refractivity contribution in [1.82, 2.24) is 14.5 Å². The lowest BCUT2D eigenvalue weighted by atomic mass is 10.1. The molecule has 1 aromatic heterocycles. The van der Waals surface area contributed by atoms with Gasteiger partial charge in [0.1, 0.15) is 5.82 Å². The van der Waals surface area contributed by atoms with E-state index in [1.54, 1.807) is 6.20 Å². The monoisotopic (exact) mass is 264 g/mol. The molecule has 1 fully saturated rings.